The minimum Gasteiger partial charge on any atom is -0.497 e. The molecule has 3 rings (SSSR count). The van der Waals surface area contributed by atoms with E-state index in [1.54, 1.807) is 11.7 Å². The Morgan fingerprint density at radius 3 is 2.49 bits per heavy atom. The minimum absolute atomic E-state index is 0.0358. The van der Waals surface area contributed by atoms with E-state index in [4.69, 9.17) is 13.9 Å². The van der Waals surface area contributed by atoms with E-state index >= 15 is 0 Å². The Morgan fingerprint density at radius 1 is 1.16 bits per heavy atom. The molecule has 10 heteroatoms. The van der Waals surface area contributed by atoms with Gasteiger partial charge >= 0.3 is 6.09 Å². The van der Waals surface area contributed by atoms with Gasteiger partial charge in [0.2, 0.25) is 0 Å². The minimum atomic E-state index is -2.10. The number of nitrogens with zero attached hydrogens (tertiary/aromatic N) is 3. The number of rotatable bonds is 7. The fourth-order valence-electron chi connectivity index (χ4n) is 4.22. The topological polar surface area (TPSA) is 94.9 Å². The van der Waals surface area contributed by atoms with Crippen molar-refractivity contribution in [2.45, 2.75) is 90.4 Å². The molecule has 1 aliphatic rings. The third kappa shape index (κ3) is 7.55. The molecule has 0 radical (unpaired) electrons. The number of alkyl carbamates (subject to hydrolysis) is 1. The lowest BCUT2D eigenvalue weighted by Crippen LogP contribution is -2.59. The van der Waals surface area contributed by atoms with Crippen molar-refractivity contribution in [2.24, 2.45) is 0 Å². The van der Waals surface area contributed by atoms with Gasteiger partial charge in [-0.05, 0) is 57.5 Å². The average molecular weight is 533 g/mol. The first kappa shape index (κ1) is 29.1. The summed E-state index contributed by atoms with van der Waals surface area (Å²) >= 11 is 0. The zero-order valence-electron chi connectivity index (χ0n) is 23.9. The van der Waals surface area contributed by atoms with Crippen LogP contribution in [0.1, 0.15) is 48.0 Å². The lowest BCUT2D eigenvalue weighted by atomic mass is 10.0. The van der Waals surface area contributed by atoms with E-state index < -0.39 is 20.0 Å². The highest BCUT2D eigenvalue weighted by atomic mass is 28.4. The largest absolute Gasteiger partial charge is 0.497 e. The molecule has 2 atom stereocenters. The highest BCUT2D eigenvalue weighted by molar-refractivity contribution is 6.74. The zero-order valence-corrected chi connectivity index (χ0v) is 24.9. The number of fused-ring (bicyclic) bond motifs is 1. The molecule has 1 fully saturated rings. The number of amides is 1. The molecule has 1 saturated heterocycles. The maximum atomic E-state index is 12.7. The number of aromatic nitrogens is 2. The molecule has 9 nitrogen and oxygen atoms in total. The summed E-state index contributed by atoms with van der Waals surface area (Å²) in [6.45, 7) is 19.3. The predicted molar refractivity (Wildman–Crippen MR) is 149 cm³/mol. The van der Waals surface area contributed by atoms with Gasteiger partial charge in [0.15, 0.2) is 8.32 Å². The summed E-state index contributed by atoms with van der Waals surface area (Å²) in [5.41, 5.74) is 0.794. The van der Waals surface area contributed by atoms with Crippen LogP contribution in [0.5, 0.6) is 5.75 Å². The van der Waals surface area contributed by atoms with E-state index in [1.807, 2.05) is 39.0 Å². The maximum absolute atomic E-state index is 12.7. The fraction of sp³-hybridized carbons (Fsp3) is 0.667. The van der Waals surface area contributed by atoms with Crippen molar-refractivity contribution in [1.82, 2.24) is 19.8 Å². The number of hydrogen-bond donors (Lipinski definition) is 1. The number of hydrogen-bond acceptors (Lipinski definition) is 7. The SMILES string of the molecule is COc1ccc2ncc(=O)n(CCN3CC[C@H](NC(=O)OC(C)(C)C)[C@@H](O[Si](C)(C)C(C)(C)C)C3)c2c1. The van der Waals surface area contributed by atoms with Gasteiger partial charge in [-0.15, -0.1) is 0 Å². The number of piperidine rings is 1. The van der Waals surface area contributed by atoms with Gasteiger partial charge in [0.05, 0.1) is 36.5 Å². The van der Waals surface area contributed by atoms with Crippen LogP contribution in [0.2, 0.25) is 18.1 Å². The van der Waals surface area contributed by atoms with Crippen LogP contribution in [-0.2, 0) is 15.7 Å². The van der Waals surface area contributed by atoms with Gasteiger partial charge in [0.1, 0.15) is 11.4 Å². The summed E-state index contributed by atoms with van der Waals surface area (Å²) in [6, 6.07) is 5.41. The van der Waals surface area contributed by atoms with Crippen LogP contribution in [0.15, 0.2) is 29.2 Å². The molecule has 1 N–H and O–H groups in total. The van der Waals surface area contributed by atoms with Gasteiger partial charge in [0.25, 0.3) is 5.56 Å². The molecular formula is C27H44N4O5Si. The van der Waals surface area contributed by atoms with Crippen LogP contribution in [-0.4, -0.2) is 73.4 Å². The summed E-state index contributed by atoms with van der Waals surface area (Å²) in [5, 5.41) is 3.11. The molecule has 0 spiro atoms. The Hall–Kier alpha value is -2.43. The molecule has 0 saturated carbocycles. The van der Waals surface area contributed by atoms with Crippen LogP contribution in [0.3, 0.4) is 0 Å². The van der Waals surface area contributed by atoms with E-state index in [0.717, 1.165) is 24.0 Å². The zero-order chi connectivity index (χ0) is 27.6. The predicted octanol–water partition coefficient (Wildman–Crippen LogP) is 4.39. The molecule has 1 aromatic carbocycles. The Balaban J connectivity index is 1.78. The van der Waals surface area contributed by atoms with Crippen molar-refractivity contribution in [3.8, 4) is 5.75 Å². The molecule has 1 aliphatic heterocycles. The first-order chi connectivity index (χ1) is 17.1. The Kier molecular flexibility index (Phi) is 8.76. The first-order valence-corrected chi connectivity index (χ1v) is 15.9. The van der Waals surface area contributed by atoms with Gasteiger partial charge < -0.3 is 23.8 Å². The molecule has 1 aromatic heterocycles. The van der Waals surface area contributed by atoms with E-state index in [0.29, 0.717) is 25.4 Å². The summed E-state index contributed by atoms with van der Waals surface area (Å²) in [7, 11) is -0.491. The van der Waals surface area contributed by atoms with Crippen molar-refractivity contribution >= 4 is 25.4 Å². The molecular weight excluding hydrogens is 488 g/mol. The second kappa shape index (κ2) is 11.1. The molecule has 0 aliphatic carbocycles. The lowest BCUT2D eigenvalue weighted by molar-refractivity contribution is 0.0237. The molecule has 0 unspecified atom stereocenters. The second-order valence-corrected chi connectivity index (χ2v) is 17.1. The summed E-state index contributed by atoms with van der Waals surface area (Å²) < 4.78 is 19.5. The Bertz CT molecular complexity index is 1150. The van der Waals surface area contributed by atoms with Crippen molar-refractivity contribution in [1.29, 1.82) is 0 Å². The van der Waals surface area contributed by atoms with Crippen molar-refractivity contribution in [2.75, 3.05) is 26.7 Å². The van der Waals surface area contributed by atoms with E-state index in [-0.39, 0.29) is 22.7 Å². The van der Waals surface area contributed by atoms with Crippen molar-refractivity contribution < 1.29 is 18.7 Å². The fourth-order valence-corrected chi connectivity index (χ4v) is 5.57. The maximum Gasteiger partial charge on any atom is 0.407 e. The Labute approximate surface area is 221 Å². The number of methoxy groups -OCH3 is 1. The number of carbonyl (C=O) groups is 1. The second-order valence-electron chi connectivity index (χ2n) is 12.4. The summed E-state index contributed by atoms with van der Waals surface area (Å²) in [5.74, 6) is 0.686. The molecule has 2 aromatic rings. The molecule has 2 heterocycles. The van der Waals surface area contributed by atoms with Gasteiger partial charge in [-0.1, -0.05) is 20.8 Å². The average Bonchev–Trinajstić information content (AvgIpc) is 2.77. The van der Waals surface area contributed by atoms with E-state index in [9.17, 15) is 9.59 Å². The number of benzene rings is 1. The standard InChI is InChI=1S/C27H44N4O5Si/c1-26(2,3)35-25(33)29-21-12-13-30(18-23(21)36-37(8,9)27(4,5)6)14-15-31-22-16-19(34-7)10-11-20(22)28-17-24(31)32/h10-11,16-17,21,23H,12-15,18H2,1-9H3,(H,29,33)/t21-,23-/m0/s1. The number of likely N-dealkylation sites (tertiary alicyclic amines) is 1. The molecule has 0 bridgehead atoms. The summed E-state index contributed by atoms with van der Waals surface area (Å²) in [4.78, 5) is 31.9. The van der Waals surface area contributed by atoms with E-state index in [2.05, 4.69) is 49.1 Å². The van der Waals surface area contributed by atoms with Crippen LogP contribution in [0.4, 0.5) is 4.79 Å². The number of nitrogens with one attached hydrogen (secondary N) is 1. The van der Waals surface area contributed by atoms with Gasteiger partial charge in [0, 0.05) is 32.2 Å². The van der Waals surface area contributed by atoms with Crippen molar-refractivity contribution in [3.63, 3.8) is 0 Å². The molecule has 206 valence electrons. The summed E-state index contributed by atoms with van der Waals surface area (Å²) in [6.07, 6.45) is 1.51. The lowest BCUT2D eigenvalue weighted by Gasteiger charge is -2.45. The first-order valence-electron chi connectivity index (χ1n) is 13.0. The van der Waals surface area contributed by atoms with Gasteiger partial charge in [-0.2, -0.15) is 0 Å². The number of carbonyl (C=O) groups excluding carboxylic acids is 1. The monoisotopic (exact) mass is 532 g/mol. The van der Waals surface area contributed by atoms with Crippen LogP contribution in [0.25, 0.3) is 11.0 Å². The number of ether oxygens (including phenoxy) is 2. The van der Waals surface area contributed by atoms with Crippen LogP contribution < -0.4 is 15.6 Å². The van der Waals surface area contributed by atoms with Crippen LogP contribution in [0, 0.1) is 0 Å². The highest BCUT2D eigenvalue weighted by Crippen LogP contribution is 2.38. The Morgan fingerprint density at radius 2 is 1.86 bits per heavy atom. The quantitative estimate of drug-likeness (QED) is 0.528. The highest BCUT2D eigenvalue weighted by Gasteiger charge is 2.42. The smallest absolute Gasteiger partial charge is 0.407 e. The third-order valence-corrected chi connectivity index (χ3v) is 11.8. The third-order valence-electron chi connectivity index (χ3n) is 7.29. The normalized spacial score (nSPS) is 19.6. The van der Waals surface area contributed by atoms with Gasteiger partial charge in [-0.3, -0.25) is 9.69 Å². The van der Waals surface area contributed by atoms with E-state index in [1.165, 1.54) is 6.20 Å². The molecule has 37 heavy (non-hydrogen) atoms. The molecule has 1 amide bonds. The van der Waals surface area contributed by atoms with Crippen molar-refractivity contribution in [3.05, 3.63) is 34.7 Å². The van der Waals surface area contributed by atoms with Crippen LogP contribution >= 0.6 is 0 Å². The van der Waals surface area contributed by atoms with Gasteiger partial charge in [-0.25, -0.2) is 9.78 Å².